The molecular weight excluding hydrogens is 605 g/mol. The molecule has 244 valence electrons. The Kier molecular flexibility index (Phi) is 9.91. The number of rotatable bonds is 9. The van der Waals surface area contributed by atoms with Gasteiger partial charge in [0.15, 0.2) is 9.84 Å². The lowest BCUT2D eigenvalue weighted by atomic mass is 9.76. The molecule has 8 nitrogen and oxygen atoms in total. The van der Waals surface area contributed by atoms with Gasteiger partial charge in [0.1, 0.15) is 12.3 Å². The first-order chi connectivity index (χ1) is 21.4. The number of nitrogens with zero attached hydrogens (tertiary/aromatic N) is 2. The third-order valence-corrected chi connectivity index (χ3v) is 10.2. The standard InChI is InChI=1S/C33H41F3N4O4S/c1-4-32(39-17-19-44-20-18-39)14-12-24(13-15-32)38-28-8-5-9-30-27(28)21-25(40(30)23-33(34,35)36)7-6-16-37-29-11-10-26(45(3,41)42)22-31(29)43-2/h5,8-11,21-22,24,37-38H,4,12-20,23H2,1-3H3. The Morgan fingerprint density at radius 2 is 1.82 bits per heavy atom. The Morgan fingerprint density at radius 1 is 1.09 bits per heavy atom. The fourth-order valence-electron chi connectivity index (χ4n) is 6.64. The number of halogens is 3. The summed E-state index contributed by atoms with van der Waals surface area (Å²) >= 11 is 0. The molecule has 1 saturated heterocycles. The largest absolute Gasteiger partial charge is 0.495 e. The number of alkyl halides is 3. The summed E-state index contributed by atoms with van der Waals surface area (Å²) < 4.78 is 77.0. The predicted octanol–water partition coefficient (Wildman–Crippen LogP) is 5.91. The van der Waals surface area contributed by atoms with E-state index in [1.807, 2.05) is 6.07 Å². The highest BCUT2D eigenvalue weighted by molar-refractivity contribution is 7.90. The SMILES string of the molecule is CCC1(N2CCOCC2)CCC(Nc2cccc3c2cc(C#CCNc2ccc(S(C)(=O)=O)cc2OC)n3CC(F)(F)F)CC1. The lowest BCUT2D eigenvalue weighted by molar-refractivity contribution is -0.140. The Morgan fingerprint density at radius 3 is 2.47 bits per heavy atom. The first-order valence-corrected chi connectivity index (χ1v) is 17.2. The summed E-state index contributed by atoms with van der Waals surface area (Å²) in [7, 11) is -1.98. The zero-order valence-electron chi connectivity index (χ0n) is 26.0. The number of morpholine rings is 1. The van der Waals surface area contributed by atoms with Crippen molar-refractivity contribution in [3.8, 4) is 17.6 Å². The van der Waals surface area contributed by atoms with Gasteiger partial charge in [0.25, 0.3) is 0 Å². The van der Waals surface area contributed by atoms with Crippen LogP contribution in [0.1, 0.15) is 44.7 Å². The maximum Gasteiger partial charge on any atom is 0.406 e. The van der Waals surface area contributed by atoms with Crippen LogP contribution in [0.4, 0.5) is 24.5 Å². The smallest absolute Gasteiger partial charge is 0.406 e. The number of benzene rings is 2. The van der Waals surface area contributed by atoms with Crippen molar-refractivity contribution in [3.63, 3.8) is 0 Å². The number of anilines is 2. The highest BCUT2D eigenvalue weighted by Gasteiger charge is 2.39. The van der Waals surface area contributed by atoms with E-state index in [4.69, 9.17) is 9.47 Å². The topological polar surface area (TPSA) is 84.8 Å². The van der Waals surface area contributed by atoms with Gasteiger partial charge in [-0.2, -0.15) is 13.2 Å². The third-order valence-electron chi connectivity index (χ3n) is 9.08. The van der Waals surface area contributed by atoms with Crippen LogP contribution in [0.3, 0.4) is 0 Å². The molecule has 0 radical (unpaired) electrons. The number of aromatic nitrogens is 1. The van der Waals surface area contributed by atoms with E-state index >= 15 is 0 Å². The molecule has 2 aromatic carbocycles. The molecule has 45 heavy (non-hydrogen) atoms. The van der Waals surface area contributed by atoms with E-state index in [2.05, 4.69) is 34.3 Å². The van der Waals surface area contributed by atoms with Crippen LogP contribution >= 0.6 is 0 Å². The molecule has 2 fully saturated rings. The Hall–Kier alpha value is -3.40. The van der Waals surface area contributed by atoms with Crippen LogP contribution in [0, 0.1) is 11.8 Å². The summed E-state index contributed by atoms with van der Waals surface area (Å²) in [6, 6.07) is 11.8. The molecule has 2 heterocycles. The molecule has 0 amide bonds. The average molecular weight is 647 g/mol. The van der Waals surface area contributed by atoms with Crippen LogP contribution < -0.4 is 15.4 Å². The van der Waals surface area contributed by atoms with Gasteiger partial charge in [0.05, 0.1) is 48.7 Å². The van der Waals surface area contributed by atoms with Gasteiger partial charge in [-0.1, -0.05) is 18.9 Å². The van der Waals surface area contributed by atoms with Crippen LogP contribution in [-0.4, -0.2) is 81.9 Å². The van der Waals surface area contributed by atoms with Crippen LogP contribution in [0.15, 0.2) is 47.4 Å². The second-order valence-electron chi connectivity index (χ2n) is 11.9. The first-order valence-electron chi connectivity index (χ1n) is 15.3. The van der Waals surface area contributed by atoms with E-state index in [0.29, 0.717) is 22.3 Å². The zero-order chi connectivity index (χ0) is 32.2. The maximum absolute atomic E-state index is 13.7. The molecule has 1 aromatic heterocycles. The fourth-order valence-corrected chi connectivity index (χ4v) is 7.27. The fraction of sp³-hybridized carbons (Fsp3) is 0.515. The van der Waals surface area contributed by atoms with E-state index in [1.165, 1.54) is 23.8 Å². The van der Waals surface area contributed by atoms with Gasteiger partial charge in [0, 0.05) is 48.1 Å². The molecular formula is C33H41F3N4O4S. The molecule has 2 N–H and O–H groups in total. The Balaban J connectivity index is 1.34. The lowest BCUT2D eigenvalue weighted by Crippen LogP contribution is -2.55. The van der Waals surface area contributed by atoms with Crippen molar-refractivity contribution in [2.75, 3.05) is 56.8 Å². The highest BCUT2D eigenvalue weighted by atomic mass is 32.2. The maximum atomic E-state index is 13.7. The average Bonchev–Trinajstić information content (AvgIpc) is 3.36. The van der Waals surface area contributed by atoms with Crippen molar-refractivity contribution in [2.24, 2.45) is 0 Å². The number of fused-ring (bicyclic) bond motifs is 1. The molecule has 1 aliphatic carbocycles. The first kappa shape index (κ1) is 33.0. The summed E-state index contributed by atoms with van der Waals surface area (Å²) in [5, 5.41) is 7.43. The quantitative estimate of drug-likeness (QED) is 0.280. The molecule has 0 unspecified atom stereocenters. The number of hydrogen-bond donors (Lipinski definition) is 2. The second kappa shape index (κ2) is 13.5. The summed E-state index contributed by atoms with van der Waals surface area (Å²) in [6.45, 7) is 4.68. The van der Waals surface area contributed by atoms with Crippen molar-refractivity contribution >= 4 is 32.1 Å². The zero-order valence-corrected chi connectivity index (χ0v) is 26.8. The summed E-state index contributed by atoms with van der Waals surface area (Å²) in [6.07, 6.45) is 1.88. The van der Waals surface area contributed by atoms with Gasteiger partial charge < -0.3 is 24.7 Å². The molecule has 0 atom stereocenters. The number of sulfone groups is 1. The Bertz CT molecular complexity index is 1660. The molecule has 1 saturated carbocycles. The second-order valence-corrected chi connectivity index (χ2v) is 13.9. The van der Waals surface area contributed by atoms with Gasteiger partial charge >= 0.3 is 6.18 Å². The van der Waals surface area contributed by atoms with Crippen molar-refractivity contribution in [3.05, 3.63) is 48.2 Å². The van der Waals surface area contributed by atoms with Crippen LogP contribution in [0.25, 0.3) is 10.9 Å². The van der Waals surface area contributed by atoms with Crippen molar-refractivity contribution in [1.82, 2.24) is 9.47 Å². The minimum Gasteiger partial charge on any atom is -0.495 e. The highest BCUT2D eigenvalue weighted by Crippen LogP contribution is 2.39. The van der Waals surface area contributed by atoms with Gasteiger partial charge in [0.2, 0.25) is 0 Å². The normalized spacial score (nSPS) is 21.2. The van der Waals surface area contributed by atoms with Crippen molar-refractivity contribution in [2.45, 2.75) is 68.2 Å². The van der Waals surface area contributed by atoms with Crippen LogP contribution in [0.2, 0.25) is 0 Å². The molecule has 3 aromatic rings. The number of ether oxygens (including phenoxy) is 2. The van der Waals surface area contributed by atoms with E-state index in [-0.39, 0.29) is 28.7 Å². The molecule has 0 bridgehead atoms. The molecule has 2 aliphatic rings. The number of nitrogens with one attached hydrogen (secondary N) is 2. The van der Waals surface area contributed by atoms with E-state index in [0.717, 1.165) is 70.4 Å². The van der Waals surface area contributed by atoms with Gasteiger partial charge in [-0.05, 0) is 68.4 Å². The molecule has 1 aliphatic heterocycles. The summed E-state index contributed by atoms with van der Waals surface area (Å²) in [5.41, 5.74) is 2.25. The van der Waals surface area contributed by atoms with Crippen molar-refractivity contribution in [1.29, 1.82) is 0 Å². The predicted molar refractivity (Wildman–Crippen MR) is 171 cm³/mol. The molecule has 0 spiro atoms. The van der Waals surface area contributed by atoms with E-state index in [9.17, 15) is 21.6 Å². The minimum absolute atomic E-state index is 0.109. The van der Waals surface area contributed by atoms with Gasteiger partial charge in [-0.25, -0.2) is 8.42 Å². The van der Waals surface area contributed by atoms with E-state index < -0.39 is 22.6 Å². The van der Waals surface area contributed by atoms with Gasteiger partial charge in [-0.3, -0.25) is 4.90 Å². The molecule has 12 heteroatoms. The number of methoxy groups -OCH3 is 1. The monoisotopic (exact) mass is 646 g/mol. The number of hydrogen-bond acceptors (Lipinski definition) is 7. The molecule has 5 rings (SSSR count). The summed E-state index contributed by atoms with van der Waals surface area (Å²) in [4.78, 5) is 2.71. The Labute approximate surface area is 263 Å². The van der Waals surface area contributed by atoms with Gasteiger partial charge in [-0.15, -0.1) is 0 Å². The van der Waals surface area contributed by atoms with Crippen LogP contribution in [-0.2, 0) is 21.1 Å². The third kappa shape index (κ3) is 7.71. The van der Waals surface area contributed by atoms with Crippen molar-refractivity contribution < 1.29 is 31.1 Å². The minimum atomic E-state index is -4.43. The summed E-state index contributed by atoms with van der Waals surface area (Å²) in [5.74, 6) is 6.17. The van der Waals surface area contributed by atoms with Crippen LogP contribution in [0.5, 0.6) is 5.75 Å². The lowest BCUT2D eigenvalue weighted by Gasteiger charge is -2.49. The van der Waals surface area contributed by atoms with E-state index in [1.54, 1.807) is 24.3 Å².